The van der Waals surface area contributed by atoms with E-state index in [1.165, 1.54) is 68.7 Å². The molecule has 1 unspecified atom stereocenters. The van der Waals surface area contributed by atoms with Gasteiger partial charge >= 0.3 is 0 Å². The highest BCUT2D eigenvalue weighted by Crippen LogP contribution is 2.22. The Morgan fingerprint density at radius 2 is 1.22 bits per heavy atom. The van der Waals surface area contributed by atoms with E-state index in [1.54, 1.807) is 62.9 Å². The topological polar surface area (TPSA) is 268 Å². The number of nitrogens with one attached hydrogen (secondary N) is 4. The van der Waals surface area contributed by atoms with Gasteiger partial charge in [-0.25, -0.2) is 0 Å². The monoisotopic (exact) mass is 1160 g/mol. The third kappa shape index (κ3) is 20.8. The molecule has 23 heteroatoms. The Hall–Kier alpha value is -5.81. The van der Waals surface area contributed by atoms with Crippen LogP contribution in [-0.4, -0.2) is 227 Å². The number of carbonyl (C=O) groups excluding carboxylic acids is 10. The first-order valence-electron chi connectivity index (χ1n) is 28.5. The van der Waals surface area contributed by atoms with Crippen molar-refractivity contribution in [2.24, 2.45) is 17.8 Å². The number of piperidine rings is 1. The van der Waals surface area contributed by atoms with Crippen LogP contribution in [0.3, 0.4) is 0 Å². The Morgan fingerprint density at radius 1 is 0.679 bits per heavy atom. The van der Waals surface area contributed by atoms with E-state index in [9.17, 15) is 53.1 Å². The van der Waals surface area contributed by atoms with E-state index >= 15 is 0 Å². The molecule has 2 aliphatic heterocycles. The van der Waals surface area contributed by atoms with Gasteiger partial charge in [0.15, 0.2) is 0 Å². The Morgan fingerprint density at radius 3 is 1.77 bits per heavy atom. The van der Waals surface area contributed by atoms with Crippen molar-refractivity contribution in [2.75, 3.05) is 73.0 Å². The minimum Gasteiger partial charge on any atom is -0.391 e. The zero-order chi connectivity index (χ0) is 61.2. The van der Waals surface area contributed by atoms with Crippen LogP contribution < -0.4 is 21.3 Å². The second-order valence-corrected chi connectivity index (χ2v) is 24.9. The van der Waals surface area contributed by atoms with Crippen LogP contribution in [0.25, 0.3) is 0 Å². The maximum absolute atomic E-state index is 14.9. The van der Waals surface area contributed by atoms with E-state index in [0.29, 0.717) is 25.1 Å². The lowest BCUT2D eigenvalue weighted by Crippen LogP contribution is -2.62. The van der Waals surface area contributed by atoms with Crippen molar-refractivity contribution in [1.29, 1.82) is 0 Å². The molecule has 2 fully saturated rings. The summed E-state index contributed by atoms with van der Waals surface area (Å²) < 4.78 is 6.10. The standard InChI is InChI=1S/C58H96N10O12S/c1-17-37(6)49-53(75)61-43(56(78)68-26-22-19-23-27-68)33-81-34-47(71)64(13)38(7)50(72)59-41(30-40-24-20-18-21-25-40)54(76)66(15)45(29-36(4)5)52(74)62-48(39(8)69)57(79)63(12)31-46(70)65(14)44(28-35(2)3)51(73)60-42(55(77)67(49)16)32-80-58(9,10)11/h18,20-21,24-25,35-39,41-45,48-49,69H,17,19,22-23,26-34H2,1-16H3,(H,59,72)(H,60,73)(H,61,75)(H,62,74)/t37-,38-,39+,41-,42?,43-,44-,45-,48-,49-/m0/s1. The lowest BCUT2D eigenvalue weighted by Gasteiger charge is -2.37. The maximum atomic E-state index is 14.9. The second-order valence-electron chi connectivity index (χ2n) is 23.8. The summed E-state index contributed by atoms with van der Waals surface area (Å²) in [5, 5.41) is 22.3. The molecule has 0 bridgehead atoms. The number of likely N-dealkylation sites (N-methyl/N-ethyl adjacent to an activating group) is 5. The average molecular weight is 1160 g/mol. The maximum Gasteiger partial charge on any atom is 0.248 e. The number of likely N-dealkylation sites (tertiary alicyclic amines) is 1. The van der Waals surface area contributed by atoms with Gasteiger partial charge in [-0.1, -0.05) is 78.3 Å². The van der Waals surface area contributed by atoms with Gasteiger partial charge in [-0.15, -0.1) is 11.8 Å². The molecule has 0 saturated carbocycles. The summed E-state index contributed by atoms with van der Waals surface area (Å²) in [7, 11) is 7.00. The van der Waals surface area contributed by atoms with Gasteiger partial charge in [0.05, 0.1) is 30.6 Å². The Bertz CT molecular complexity index is 2310. The average Bonchev–Trinajstić information content (AvgIpc) is 3.47. The van der Waals surface area contributed by atoms with E-state index in [0.717, 1.165) is 35.9 Å². The first-order valence-corrected chi connectivity index (χ1v) is 29.7. The molecule has 2 aliphatic rings. The number of ether oxygens (including phenoxy) is 1. The fourth-order valence-electron chi connectivity index (χ4n) is 9.68. The summed E-state index contributed by atoms with van der Waals surface area (Å²) in [4.78, 5) is 152. The number of rotatable bonds is 12. The molecule has 1 aromatic carbocycles. The molecule has 0 aromatic heterocycles. The largest absolute Gasteiger partial charge is 0.391 e. The quantitative estimate of drug-likeness (QED) is 0.201. The minimum absolute atomic E-state index is 0.0000603. The molecule has 3 rings (SSSR count). The van der Waals surface area contributed by atoms with Crippen molar-refractivity contribution in [3.8, 4) is 0 Å². The predicted octanol–water partition coefficient (Wildman–Crippen LogP) is 2.05. The van der Waals surface area contributed by atoms with Crippen LogP contribution in [0.5, 0.6) is 0 Å². The Kier molecular flexibility index (Phi) is 27.6. The molecular weight excluding hydrogens is 1060 g/mol. The predicted molar refractivity (Wildman–Crippen MR) is 311 cm³/mol. The van der Waals surface area contributed by atoms with Crippen molar-refractivity contribution in [3.63, 3.8) is 0 Å². The summed E-state index contributed by atoms with van der Waals surface area (Å²) in [5.41, 5.74) is -0.104. The van der Waals surface area contributed by atoms with Gasteiger partial charge in [0.25, 0.3) is 0 Å². The highest BCUT2D eigenvalue weighted by molar-refractivity contribution is 8.00. The minimum atomic E-state index is -1.60. The summed E-state index contributed by atoms with van der Waals surface area (Å²) in [6.07, 6.45) is 1.63. The normalized spacial score (nSPS) is 26.1. The number of nitrogens with zero attached hydrogens (tertiary/aromatic N) is 6. The molecule has 5 N–H and O–H groups in total. The number of hydrogen-bond donors (Lipinski definition) is 5. The smallest absolute Gasteiger partial charge is 0.248 e. The highest BCUT2D eigenvalue weighted by atomic mass is 32.2. The molecule has 0 spiro atoms. The van der Waals surface area contributed by atoms with E-state index in [4.69, 9.17) is 4.74 Å². The van der Waals surface area contributed by atoms with E-state index < -0.39 is 126 Å². The third-order valence-corrected chi connectivity index (χ3v) is 16.0. The lowest BCUT2D eigenvalue weighted by atomic mass is 9.95. The van der Waals surface area contributed by atoms with Gasteiger partial charge in [-0.2, -0.15) is 0 Å². The molecule has 22 nitrogen and oxygen atoms in total. The van der Waals surface area contributed by atoms with Gasteiger partial charge in [-0.05, 0) is 90.0 Å². The number of aliphatic hydroxyl groups is 1. The number of aliphatic hydroxyl groups excluding tert-OH is 1. The summed E-state index contributed by atoms with van der Waals surface area (Å²) in [5.74, 6) is -7.57. The van der Waals surface area contributed by atoms with Gasteiger partial charge in [-0.3, -0.25) is 47.9 Å². The highest BCUT2D eigenvalue weighted by Gasteiger charge is 2.42. The molecule has 10 atom stereocenters. The van der Waals surface area contributed by atoms with Crippen LogP contribution in [0.1, 0.15) is 120 Å². The number of carbonyl (C=O) groups is 10. The number of thioether (sulfide) groups is 1. The van der Waals surface area contributed by atoms with Crippen molar-refractivity contribution in [3.05, 3.63) is 35.9 Å². The van der Waals surface area contributed by atoms with Gasteiger partial charge in [0.2, 0.25) is 59.1 Å². The second kappa shape index (κ2) is 32.1. The van der Waals surface area contributed by atoms with Crippen LogP contribution in [0.15, 0.2) is 30.3 Å². The van der Waals surface area contributed by atoms with Crippen LogP contribution in [0, 0.1) is 17.8 Å². The van der Waals surface area contributed by atoms with Gasteiger partial charge in [0.1, 0.15) is 48.3 Å². The van der Waals surface area contributed by atoms with Crippen LogP contribution in [-0.2, 0) is 59.1 Å². The SMILES string of the molecule is CC[C@H](C)[C@H]1C(=O)N[C@H](C(=O)N2CCCCC2)CSCC(=O)N(C)[C@@H](C)C(=O)N[C@@H](Cc2ccccc2)C(=O)N(C)[C@@H](CC(C)C)C(=O)N[C@@H]([C@@H](C)O)C(=O)N(C)CC(=O)N(C)[C@@H](CC(C)C)C(=O)NC(COC(C)(C)C)C(=O)N1C. The first-order chi connectivity index (χ1) is 37.8. The van der Waals surface area contributed by atoms with E-state index in [-0.39, 0.29) is 55.1 Å². The Labute approximate surface area is 485 Å². The van der Waals surface area contributed by atoms with Crippen molar-refractivity contribution >= 4 is 70.8 Å². The lowest BCUT2D eigenvalue weighted by molar-refractivity contribution is -0.149. The molecule has 2 heterocycles. The Balaban J connectivity index is 2.22. The molecule has 456 valence electrons. The van der Waals surface area contributed by atoms with E-state index in [1.807, 2.05) is 34.6 Å². The fourth-order valence-corrected chi connectivity index (χ4v) is 10.6. The van der Waals surface area contributed by atoms with Crippen LogP contribution in [0.2, 0.25) is 0 Å². The summed E-state index contributed by atoms with van der Waals surface area (Å²) in [6, 6.07) is -1.15. The van der Waals surface area contributed by atoms with Gasteiger partial charge in [0, 0.05) is 60.5 Å². The summed E-state index contributed by atoms with van der Waals surface area (Å²) in [6.45, 7) is 19.2. The third-order valence-electron chi connectivity index (χ3n) is 15.0. The molecule has 10 amide bonds. The van der Waals surface area contributed by atoms with E-state index in [2.05, 4.69) is 21.3 Å². The first kappa shape index (κ1) is 69.5. The fraction of sp³-hybridized carbons (Fsp3) is 0.724. The van der Waals surface area contributed by atoms with Crippen molar-refractivity contribution in [2.45, 2.75) is 181 Å². The molecule has 0 aliphatic carbocycles. The molecular formula is C58H96N10O12S. The molecule has 0 radical (unpaired) electrons. The van der Waals surface area contributed by atoms with Crippen LogP contribution >= 0.6 is 11.8 Å². The molecule has 2 saturated heterocycles. The molecule has 81 heavy (non-hydrogen) atoms. The van der Waals surface area contributed by atoms with Crippen molar-refractivity contribution < 1.29 is 57.8 Å². The number of hydrogen-bond acceptors (Lipinski definition) is 13. The molecule has 1 aromatic rings. The number of amides is 10. The van der Waals surface area contributed by atoms with Crippen molar-refractivity contribution in [1.82, 2.24) is 50.7 Å². The summed E-state index contributed by atoms with van der Waals surface area (Å²) >= 11 is 1.08. The van der Waals surface area contributed by atoms with Gasteiger partial charge < -0.3 is 60.5 Å². The van der Waals surface area contributed by atoms with Crippen LogP contribution in [0.4, 0.5) is 0 Å². The zero-order valence-corrected chi connectivity index (χ0v) is 51.9. The number of benzene rings is 1. The zero-order valence-electron chi connectivity index (χ0n) is 51.0.